The average Bonchev–Trinajstić information content (AvgIpc) is 3.69. The van der Waals surface area contributed by atoms with Gasteiger partial charge >= 0.3 is 0 Å². The maximum Gasteiger partial charge on any atom is 0.101 e. The van der Waals surface area contributed by atoms with E-state index in [1.54, 1.807) is 0 Å². The molecule has 2 aliphatic rings. The van der Waals surface area contributed by atoms with Crippen molar-refractivity contribution in [2.24, 2.45) is 5.92 Å². The highest BCUT2D eigenvalue weighted by atomic mass is 15.0. The lowest BCUT2D eigenvalue weighted by atomic mass is 9.82. The zero-order valence-corrected chi connectivity index (χ0v) is 28.1. The highest BCUT2D eigenvalue weighted by molar-refractivity contribution is 6.10. The first-order valence-corrected chi connectivity index (χ1v) is 17.3. The minimum absolute atomic E-state index is 0.243. The third-order valence-electron chi connectivity index (χ3n) is 10.6. The molecule has 1 unspecified atom stereocenters. The van der Waals surface area contributed by atoms with Crippen LogP contribution in [0.1, 0.15) is 58.8 Å². The highest BCUT2D eigenvalue weighted by Gasteiger charge is 2.24. The minimum Gasteiger partial charge on any atom is -0.313 e. The number of fused-ring (bicyclic) bond motifs is 6. The van der Waals surface area contributed by atoms with Crippen LogP contribution < -0.4 is 0 Å². The quantitative estimate of drug-likeness (QED) is 0.190. The van der Waals surface area contributed by atoms with E-state index in [-0.39, 0.29) is 5.92 Å². The fraction of sp³-hybridized carbons (Fsp3) is 0.109. The molecule has 9 rings (SSSR count). The molecule has 5 heteroatoms. The van der Waals surface area contributed by atoms with Crippen LogP contribution in [0.5, 0.6) is 0 Å². The maximum atomic E-state index is 10.4. The molecular formula is C46H31N5. The smallest absolute Gasteiger partial charge is 0.101 e. The van der Waals surface area contributed by atoms with E-state index in [4.69, 9.17) is 0 Å². The second kappa shape index (κ2) is 11.9. The molecule has 2 aliphatic carbocycles. The van der Waals surface area contributed by atoms with Crippen molar-refractivity contribution in [1.82, 2.24) is 9.13 Å². The Morgan fingerprint density at radius 2 is 1.43 bits per heavy atom. The number of aromatic nitrogens is 2. The van der Waals surface area contributed by atoms with Gasteiger partial charge in [0.1, 0.15) is 6.07 Å². The molecule has 1 atom stereocenters. The number of nitriles is 3. The minimum atomic E-state index is 0.243. The summed E-state index contributed by atoms with van der Waals surface area (Å²) in [5.41, 5.74) is 14.0. The average molecular weight is 654 g/mol. The lowest BCUT2D eigenvalue weighted by Crippen LogP contribution is -2.08. The Bertz CT molecular complexity index is 2810. The Balaban J connectivity index is 1.13. The van der Waals surface area contributed by atoms with Gasteiger partial charge in [0.25, 0.3) is 0 Å². The second-order valence-electron chi connectivity index (χ2n) is 13.5. The number of allylic oxidation sites excluding steroid dienone is 5. The Hall–Kier alpha value is -6.87. The number of hydrogen-bond donors (Lipinski definition) is 0. The molecule has 0 amide bonds. The maximum absolute atomic E-state index is 10.4. The van der Waals surface area contributed by atoms with Crippen LogP contribution in [0, 0.1) is 39.9 Å². The molecule has 0 aliphatic heterocycles. The number of para-hydroxylation sites is 2. The van der Waals surface area contributed by atoms with Gasteiger partial charge in [-0.25, -0.2) is 0 Å². The summed E-state index contributed by atoms with van der Waals surface area (Å²) in [5.74, 6) is 0.243. The Morgan fingerprint density at radius 3 is 2.24 bits per heavy atom. The van der Waals surface area contributed by atoms with Crippen LogP contribution in [0.3, 0.4) is 0 Å². The number of benzene rings is 5. The third-order valence-corrected chi connectivity index (χ3v) is 10.6. The normalized spacial score (nSPS) is 15.2. The molecule has 0 fully saturated rings. The first-order chi connectivity index (χ1) is 25.1. The first-order valence-electron chi connectivity index (χ1n) is 17.3. The van der Waals surface area contributed by atoms with E-state index in [2.05, 4.69) is 107 Å². The van der Waals surface area contributed by atoms with Crippen molar-refractivity contribution in [2.75, 3.05) is 0 Å². The van der Waals surface area contributed by atoms with Gasteiger partial charge in [-0.05, 0) is 96.5 Å². The van der Waals surface area contributed by atoms with Crippen LogP contribution >= 0.6 is 0 Å². The van der Waals surface area contributed by atoms with Gasteiger partial charge in [0, 0.05) is 38.7 Å². The summed E-state index contributed by atoms with van der Waals surface area (Å²) in [6.45, 7) is 2.27. The van der Waals surface area contributed by atoms with Crippen molar-refractivity contribution in [3.8, 4) is 29.6 Å². The van der Waals surface area contributed by atoms with Crippen LogP contribution in [0.25, 0.3) is 61.3 Å². The van der Waals surface area contributed by atoms with Crippen LogP contribution in [-0.4, -0.2) is 9.13 Å². The lowest BCUT2D eigenvalue weighted by molar-refractivity contribution is 0.770. The summed E-state index contributed by atoms with van der Waals surface area (Å²) < 4.78 is 4.52. The molecule has 5 nitrogen and oxygen atoms in total. The van der Waals surface area contributed by atoms with Crippen molar-refractivity contribution in [3.63, 3.8) is 0 Å². The molecule has 2 heterocycles. The summed E-state index contributed by atoms with van der Waals surface area (Å²) in [6.07, 6.45) is 11.7. The second-order valence-corrected chi connectivity index (χ2v) is 13.5. The first kappa shape index (κ1) is 30.2. The van der Waals surface area contributed by atoms with Crippen molar-refractivity contribution >= 4 is 49.9 Å². The van der Waals surface area contributed by atoms with Crippen molar-refractivity contribution in [2.45, 2.75) is 26.2 Å². The van der Waals surface area contributed by atoms with E-state index in [0.29, 0.717) is 16.7 Å². The molecule has 0 spiro atoms. The predicted molar refractivity (Wildman–Crippen MR) is 205 cm³/mol. The van der Waals surface area contributed by atoms with E-state index in [9.17, 15) is 15.8 Å². The van der Waals surface area contributed by atoms with Crippen LogP contribution in [-0.2, 0) is 6.42 Å². The SMILES string of the molecule is CC1CC(c2cccc(C#N)c2-n2c3ccccc3c3ccc(C#N)cc32)=CC=C1c1ccc(-n2c3c(c4cc(C#N)ccc42)C=CCC3)cc1. The molecule has 2 aromatic heterocycles. The summed E-state index contributed by atoms with van der Waals surface area (Å²) in [4.78, 5) is 0. The molecule has 0 bridgehead atoms. The Kier molecular flexibility index (Phi) is 7.06. The van der Waals surface area contributed by atoms with Gasteiger partial charge in [0.05, 0.1) is 51.1 Å². The highest BCUT2D eigenvalue weighted by Crippen LogP contribution is 2.42. The monoisotopic (exact) mass is 653 g/mol. The Morgan fingerprint density at radius 1 is 0.667 bits per heavy atom. The molecule has 0 saturated heterocycles. The fourth-order valence-corrected chi connectivity index (χ4v) is 8.25. The molecular weight excluding hydrogens is 623 g/mol. The van der Waals surface area contributed by atoms with Crippen molar-refractivity contribution in [1.29, 1.82) is 15.8 Å². The van der Waals surface area contributed by atoms with Crippen LogP contribution in [0.4, 0.5) is 0 Å². The van der Waals surface area contributed by atoms with Crippen LogP contribution in [0.15, 0.2) is 121 Å². The molecule has 51 heavy (non-hydrogen) atoms. The zero-order valence-electron chi connectivity index (χ0n) is 28.1. The fourth-order valence-electron chi connectivity index (χ4n) is 8.25. The van der Waals surface area contributed by atoms with Gasteiger partial charge in [-0.2, -0.15) is 15.8 Å². The number of hydrogen-bond acceptors (Lipinski definition) is 3. The topological polar surface area (TPSA) is 81.2 Å². The van der Waals surface area contributed by atoms with Crippen LogP contribution in [0.2, 0.25) is 0 Å². The van der Waals surface area contributed by atoms with Gasteiger partial charge in [-0.3, -0.25) is 0 Å². The standard InChI is InChI=1S/C46H31N5/c1-29-23-33(37-10-6-7-34(28-49)46(37)51-43-12-5-2-8-38(43)40-20-13-31(27-48)25-45(40)51)17-21-36(29)32-15-18-35(19-16-32)50-42-11-4-3-9-39(42)41-24-30(26-47)14-22-44(41)50/h2-3,5-10,12-22,24-25,29H,4,11,23H2,1H3. The molecule has 5 aromatic carbocycles. The van der Waals surface area contributed by atoms with Gasteiger partial charge in [0.15, 0.2) is 0 Å². The summed E-state index contributed by atoms with van der Waals surface area (Å²) in [5, 5.41) is 33.0. The molecule has 240 valence electrons. The summed E-state index contributed by atoms with van der Waals surface area (Å²) in [7, 11) is 0. The largest absolute Gasteiger partial charge is 0.313 e. The molecule has 0 N–H and O–H groups in total. The van der Waals surface area contributed by atoms with Crippen molar-refractivity contribution < 1.29 is 0 Å². The predicted octanol–water partition coefficient (Wildman–Crippen LogP) is 10.8. The molecule has 0 radical (unpaired) electrons. The van der Waals surface area contributed by atoms with Gasteiger partial charge < -0.3 is 9.13 Å². The molecule has 0 saturated carbocycles. The lowest BCUT2D eigenvalue weighted by Gasteiger charge is -2.25. The summed E-state index contributed by atoms with van der Waals surface area (Å²) in [6, 6.07) is 42.0. The summed E-state index contributed by atoms with van der Waals surface area (Å²) >= 11 is 0. The third kappa shape index (κ3) is 4.74. The Labute approximate surface area is 296 Å². The van der Waals surface area contributed by atoms with E-state index in [1.165, 1.54) is 28.0 Å². The van der Waals surface area contributed by atoms with Gasteiger partial charge in [-0.15, -0.1) is 0 Å². The zero-order chi connectivity index (χ0) is 34.6. The molecule has 7 aromatic rings. The van der Waals surface area contributed by atoms with E-state index < -0.39 is 0 Å². The van der Waals surface area contributed by atoms with E-state index in [0.717, 1.165) is 68.9 Å². The van der Waals surface area contributed by atoms with Gasteiger partial charge in [-0.1, -0.05) is 79.8 Å². The van der Waals surface area contributed by atoms with E-state index >= 15 is 0 Å². The van der Waals surface area contributed by atoms with Crippen molar-refractivity contribution in [3.05, 3.63) is 160 Å². The number of nitrogens with zero attached hydrogens (tertiary/aromatic N) is 5. The van der Waals surface area contributed by atoms with Gasteiger partial charge in [0.2, 0.25) is 0 Å². The van der Waals surface area contributed by atoms with E-state index in [1.807, 2.05) is 54.6 Å². The number of rotatable bonds is 4.